The predicted molar refractivity (Wildman–Crippen MR) is 114 cm³/mol. The van der Waals surface area contributed by atoms with Crippen molar-refractivity contribution >= 4 is 23.3 Å². The number of thiophene rings is 1. The van der Waals surface area contributed by atoms with E-state index < -0.39 is 0 Å². The van der Waals surface area contributed by atoms with Gasteiger partial charge in [0.2, 0.25) is 5.91 Å². The van der Waals surface area contributed by atoms with E-state index >= 15 is 0 Å². The highest BCUT2D eigenvalue weighted by atomic mass is 32.1. The van der Waals surface area contributed by atoms with Crippen LogP contribution >= 0.6 is 11.3 Å². The van der Waals surface area contributed by atoms with Gasteiger partial charge in [-0.25, -0.2) is 4.79 Å². The zero-order valence-electron chi connectivity index (χ0n) is 16.9. The summed E-state index contributed by atoms with van der Waals surface area (Å²) >= 11 is 1.83. The molecule has 0 atom stereocenters. The van der Waals surface area contributed by atoms with Crippen molar-refractivity contribution in [3.05, 3.63) is 46.8 Å². The molecule has 6 nitrogen and oxygen atoms in total. The number of nitrogens with zero attached hydrogens (tertiary/aromatic N) is 2. The Morgan fingerprint density at radius 2 is 1.93 bits per heavy atom. The predicted octanol–water partition coefficient (Wildman–Crippen LogP) is 3.08. The summed E-state index contributed by atoms with van der Waals surface area (Å²) < 4.78 is 6.34. The van der Waals surface area contributed by atoms with Crippen molar-refractivity contribution in [3.8, 4) is 10.4 Å². The molecule has 2 aromatic rings. The van der Waals surface area contributed by atoms with E-state index in [1.54, 1.807) is 14.1 Å². The van der Waals surface area contributed by atoms with Crippen molar-refractivity contribution < 1.29 is 14.3 Å². The Morgan fingerprint density at radius 3 is 2.62 bits per heavy atom. The fourth-order valence-electron chi connectivity index (χ4n) is 4.08. The maximum Gasteiger partial charge on any atom is 0.317 e. The minimum absolute atomic E-state index is 0.0350. The van der Waals surface area contributed by atoms with E-state index in [0.29, 0.717) is 13.1 Å². The molecule has 29 heavy (non-hydrogen) atoms. The van der Waals surface area contributed by atoms with Crippen LogP contribution in [0.3, 0.4) is 0 Å². The van der Waals surface area contributed by atoms with Gasteiger partial charge in [-0.3, -0.25) is 4.79 Å². The molecule has 7 heteroatoms. The topological polar surface area (TPSA) is 61.9 Å². The molecule has 0 aliphatic carbocycles. The summed E-state index contributed by atoms with van der Waals surface area (Å²) in [4.78, 5) is 30.0. The first kappa shape index (κ1) is 19.9. The monoisotopic (exact) mass is 413 g/mol. The van der Waals surface area contributed by atoms with Crippen LogP contribution in [-0.4, -0.2) is 62.1 Å². The van der Waals surface area contributed by atoms with E-state index in [4.69, 9.17) is 4.74 Å². The second-order valence-electron chi connectivity index (χ2n) is 7.86. The van der Waals surface area contributed by atoms with Crippen LogP contribution < -0.4 is 5.32 Å². The number of piperidine rings is 1. The number of likely N-dealkylation sites (tertiary alicyclic amines) is 1. The Kier molecular flexibility index (Phi) is 5.61. The number of carbonyl (C=O) groups excluding carboxylic acids is 2. The Labute approximate surface area is 175 Å². The van der Waals surface area contributed by atoms with Crippen molar-refractivity contribution in [2.75, 3.05) is 40.3 Å². The van der Waals surface area contributed by atoms with Crippen LogP contribution in [0.1, 0.15) is 23.3 Å². The van der Waals surface area contributed by atoms with Gasteiger partial charge in [-0.05, 0) is 36.5 Å². The van der Waals surface area contributed by atoms with Crippen LogP contribution in [-0.2, 0) is 21.6 Å². The highest BCUT2D eigenvalue weighted by Gasteiger charge is 2.43. The van der Waals surface area contributed by atoms with Gasteiger partial charge in [0.25, 0.3) is 0 Å². The quantitative estimate of drug-likeness (QED) is 0.841. The second-order valence-corrected chi connectivity index (χ2v) is 8.91. The summed E-state index contributed by atoms with van der Waals surface area (Å²) in [6.45, 7) is 2.06. The lowest BCUT2D eigenvalue weighted by atomic mass is 9.85. The average Bonchev–Trinajstić information content (AvgIpc) is 3.19. The van der Waals surface area contributed by atoms with Gasteiger partial charge >= 0.3 is 6.03 Å². The number of amides is 3. The molecule has 1 aromatic heterocycles. The Hall–Kier alpha value is -2.38. The number of nitrogens with one attached hydrogen (secondary N) is 1. The molecule has 2 aliphatic heterocycles. The molecule has 0 saturated carbocycles. The van der Waals surface area contributed by atoms with Gasteiger partial charge in [-0.15, -0.1) is 11.3 Å². The molecule has 3 heterocycles. The number of fused-ring (bicyclic) bond motifs is 2. The third kappa shape index (κ3) is 4.02. The lowest BCUT2D eigenvalue weighted by Crippen LogP contribution is -2.50. The Balaban J connectivity index is 1.45. The summed E-state index contributed by atoms with van der Waals surface area (Å²) in [6.07, 6.45) is 2.53. The highest BCUT2D eigenvalue weighted by Crippen LogP contribution is 2.47. The number of hydrogen-bond donors (Lipinski definition) is 1. The number of carbonyl (C=O) groups is 2. The van der Waals surface area contributed by atoms with Gasteiger partial charge in [-0.1, -0.05) is 30.3 Å². The average molecular weight is 414 g/mol. The van der Waals surface area contributed by atoms with E-state index in [2.05, 4.69) is 35.6 Å². The number of rotatable bonds is 3. The molecular weight excluding hydrogens is 386 g/mol. The standard InChI is InChI=1S/C22H27N3O3S/c1-24(2)21(27)23-15-19(26)25-11-9-22(10-12-25)20-17(8-13-28-22)14-18(29-20)16-6-4-3-5-7-16/h3-7,14H,8-13,15H2,1-2H3,(H,23,27). The third-order valence-electron chi connectivity index (χ3n) is 5.75. The van der Waals surface area contributed by atoms with Crippen LogP contribution in [0.15, 0.2) is 36.4 Å². The molecular formula is C22H27N3O3S. The fraction of sp³-hybridized carbons (Fsp3) is 0.455. The lowest BCUT2D eigenvalue weighted by Gasteiger charge is -2.43. The highest BCUT2D eigenvalue weighted by molar-refractivity contribution is 7.15. The minimum atomic E-state index is -0.283. The van der Waals surface area contributed by atoms with E-state index in [1.165, 1.54) is 25.8 Å². The lowest BCUT2D eigenvalue weighted by molar-refractivity contribution is -0.139. The number of urea groups is 1. The molecule has 1 fully saturated rings. The number of hydrogen-bond acceptors (Lipinski definition) is 4. The largest absolute Gasteiger partial charge is 0.369 e. The van der Waals surface area contributed by atoms with Crippen molar-refractivity contribution in [3.63, 3.8) is 0 Å². The van der Waals surface area contributed by atoms with Gasteiger partial charge in [0, 0.05) is 36.9 Å². The van der Waals surface area contributed by atoms with Crippen molar-refractivity contribution in [2.45, 2.75) is 24.9 Å². The van der Waals surface area contributed by atoms with E-state index in [0.717, 1.165) is 25.9 Å². The number of benzene rings is 1. The molecule has 154 valence electrons. The van der Waals surface area contributed by atoms with Gasteiger partial charge in [-0.2, -0.15) is 0 Å². The molecule has 2 aliphatic rings. The smallest absolute Gasteiger partial charge is 0.317 e. The summed E-state index contributed by atoms with van der Waals surface area (Å²) in [5, 5.41) is 2.65. The van der Waals surface area contributed by atoms with Crippen molar-refractivity contribution in [2.24, 2.45) is 0 Å². The second kappa shape index (κ2) is 8.16. The molecule has 1 spiro atoms. The van der Waals surface area contributed by atoms with Crippen LogP contribution in [0, 0.1) is 0 Å². The summed E-state index contributed by atoms with van der Waals surface area (Å²) in [5.74, 6) is -0.0396. The first-order valence-corrected chi connectivity index (χ1v) is 10.9. The third-order valence-corrected chi connectivity index (χ3v) is 7.16. The molecule has 0 bridgehead atoms. The van der Waals surface area contributed by atoms with Crippen LogP contribution in [0.5, 0.6) is 0 Å². The summed E-state index contributed by atoms with van der Waals surface area (Å²) in [5.41, 5.74) is 2.35. The van der Waals surface area contributed by atoms with Gasteiger partial charge in [0.15, 0.2) is 0 Å². The molecule has 1 N–H and O–H groups in total. The first-order chi connectivity index (χ1) is 14.0. The minimum Gasteiger partial charge on any atom is -0.369 e. The van der Waals surface area contributed by atoms with Crippen molar-refractivity contribution in [1.29, 1.82) is 0 Å². The molecule has 1 saturated heterocycles. The van der Waals surface area contributed by atoms with Crippen LogP contribution in [0.4, 0.5) is 4.79 Å². The van der Waals surface area contributed by atoms with E-state index in [9.17, 15) is 9.59 Å². The van der Waals surface area contributed by atoms with E-state index in [1.807, 2.05) is 22.3 Å². The maximum absolute atomic E-state index is 12.5. The number of ether oxygens (including phenoxy) is 1. The van der Waals surface area contributed by atoms with Crippen molar-refractivity contribution in [1.82, 2.24) is 15.1 Å². The molecule has 4 rings (SSSR count). The Morgan fingerprint density at radius 1 is 1.21 bits per heavy atom. The van der Waals surface area contributed by atoms with Crippen LogP contribution in [0.2, 0.25) is 0 Å². The van der Waals surface area contributed by atoms with Gasteiger partial charge < -0.3 is 19.9 Å². The van der Waals surface area contributed by atoms with Gasteiger partial charge in [0.1, 0.15) is 5.60 Å². The summed E-state index contributed by atoms with van der Waals surface area (Å²) in [7, 11) is 3.32. The normalized spacial score (nSPS) is 17.7. The fourth-order valence-corrected chi connectivity index (χ4v) is 5.49. The molecule has 3 amide bonds. The van der Waals surface area contributed by atoms with E-state index in [-0.39, 0.29) is 24.1 Å². The first-order valence-electron chi connectivity index (χ1n) is 10.0. The maximum atomic E-state index is 12.5. The Bertz CT molecular complexity index is 886. The van der Waals surface area contributed by atoms with Crippen LogP contribution in [0.25, 0.3) is 10.4 Å². The SMILES string of the molecule is CN(C)C(=O)NCC(=O)N1CCC2(CC1)OCCc1cc(-c3ccccc3)sc12. The molecule has 0 radical (unpaired) electrons. The zero-order chi connectivity index (χ0) is 20.4. The summed E-state index contributed by atoms with van der Waals surface area (Å²) in [6, 6.07) is 12.5. The van der Waals surface area contributed by atoms with Gasteiger partial charge in [0.05, 0.1) is 13.2 Å². The molecule has 1 aromatic carbocycles. The zero-order valence-corrected chi connectivity index (χ0v) is 17.8. The molecule has 0 unspecified atom stereocenters.